The van der Waals surface area contributed by atoms with Gasteiger partial charge in [-0.1, -0.05) is 6.92 Å². The van der Waals surface area contributed by atoms with Crippen LogP contribution < -0.4 is 26.7 Å². The lowest BCUT2D eigenvalue weighted by Gasteiger charge is -2.32. The molecule has 0 unspecified atom stereocenters. The normalized spacial score (nSPS) is 15.2. The smallest absolute Gasteiger partial charge is 0.316 e. The van der Waals surface area contributed by atoms with E-state index in [1.54, 1.807) is 17.2 Å². The molecule has 11 nitrogen and oxygen atoms in total. The summed E-state index contributed by atoms with van der Waals surface area (Å²) in [4.78, 5) is 51.9. The number of hydrogen-bond donors (Lipinski definition) is 2. The summed E-state index contributed by atoms with van der Waals surface area (Å²) >= 11 is 0. The number of piperidine rings is 1. The number of aryl methyl sites for hydroxylation is 3. The SMILES string of the molecule is CCc1cnc(N2CCC(F)(F)CC2)nc1Nc1cc2c(cn1)n(C)c(=O)c(=O)n2CCC(=O)NC. The van der Waals surface area contributed by atoms with Crippen molar-refractivity contribution < 1.29 is 13.6 Å². The van der Waals surface area contributed by atoms with Crippen LogP contribution in [0.3, 0.4) is 0 Å². The van der Waals surface area contributed by atoms with Crippen molar-refractivity contribution in [2.24, 2.45) is 7.05 Å². The number of alkyl halides is 2. The summed E-state index contributed by atoms with van der Waals surface area (Å²) in [5, 5.41) is 5.65. The molecule has 1 amide bonds. The minimum absolute atomic E-state index is 0.0198. The maximum absolute atomic E-state index is 13.6. The third-order valence-corrected chi connectivity index (χ3v) is 6.34. The first-order chi connectivity index (χ1) is 17.1. The largest absolute Gasteiger partial charge is 0.359 e. The Labute approximate surface area is 205 Å². The van der Waals surface area contributed by atoms with Crippen LogP contribution in [0.5, 0.6) is 0 Å². The molecule has 0 bridgehead atoms. The van der Waals surface area contributed by atoms with Gasteiger partial charge in [-0.2, -0.15) is 4.98 Å². The van der Waals surface area contributed by atoms with E-state index in [0.29, 0.717) is 35.0 Å². The lowest BCUT2D eigenvalue weighted by Crippen LogP contribution is -2.41. The Morgan fingerprint density at radius 1 is 1.11 bits per heavy atom. The van der Waals surface area contributed by atoms with Crippen molar-refractivity contribution in [1.29, 1.82) is 0 Å². The van der Waals surface area contributed by atoms with Gasteiger partial charge in [-0.25, -0.2) is 18.7 Å². The van der Waals surface area contributed by atoms with Crippen LogP contribution in [0.25, 0.3) is 11.0 Å². The molecule has 0 spiro atoms. The van der Waals surface area contributed by atoms with E-state index in [1.807, 2.05) is 6.92 Å². The van der Waals surface area contributed by atoms with Crippen molar-refractivity contribution in [3.63, 3.8) is 0 Å². The number of aromatic nitrogens is 5. The van der Waals surface area contributed by atoms with Crippen molar-refractivity contribution in [1.82, 2.24) is 29.4 Å². The van der Waals surface area contributed by atoms with Crippen LogP contribution >= 0.6 is 0 Å². The van der Waals surface area contributed by atoms with Crippen LogP contribution in [-0.2, 0) is 24.8 Å². The van der Waals surface area contributed by atoms with Gasteiger partial charge in [-0.15, -0.1) is 0 Å². The molecule has 13 heteroatoms. The summed E-state index contributed by atoms with van der Waals surface area (Å²) in [6.45, 7) is 2.26. The number of amides is 1. The van der Waals surface area contributed by atoms with Gasteiger partial charge in [0, 0.05) is 70.8 Å². The number of fused-ring (bicyclic) bond motifs is 1. The molecule has 192 valence electrons. The first kappa shape index (κ1) is 25.2. The zero-order chi connectivity index (χ0) is 26.0. The fourth-order valence-corrected chi connectivity index (χ4v) is 4.09. The highest BCUT2D eigenvalue weighted by molar-refractivity contribution is 5.79. The van der Waals surface area contributed by atoms with Gasteiger partial charge in [-0.3, -0.25) is 14.4 Å². The molecule has 0 aliphatic carbocycles. The zero-order valence-electron chi connectivity index (χ0n) is 20.3. The van der Waals surface area contributed by atoms with Crippen molar-refractivity contribution >= 4 is 34.5 Å². The van der Waals surface area contributed by atoms with Crippen molar-refractivity contribution in [3.8, 4) is 0 Å². The summed E-state index contributed by atoms with van der Waals surface area (Å²) in [6.07, 6.45) is 3.24. The lowest BCUT2D eigenvalue weighted by atomic mass is 10.1. The zero-order valence-corrected chi connectivity index (χ0v) is 20.3. The molecule has 1 fully saturated rings. The molecular weight excluding hydrogens is 474 g/mol. The Kier molecular flexibility index (Phi) is 7.00. The molecule has 1 saturated heterocycles. The second kappa shape index (κ2) is 9.99. The average molecular weight is 503 g/mol. The van der Waals surface area contributed by atoms with Crippen LogP contribution in [-0.4, -0.2) is 56.1 Å². The second-order valence-corrected chi connectivity index (χ2v) is 8.67. The highest BCUT2D eigenvalue weighted by Crippen LogP contribution is 2.30. The Morgan fingerprint density at radius 2 is 1.83 bits per heavy atom. The van der Waals surface area contributed by atoms with Gasteiger partial charge in [0.15, 0.2) is 0 Å². The van der Waals surface area contributed by atoms with Gasteiger partial charge in [0.25, 0.3) is 5.92 Å². The number of nitrogens with one attached hydrogen (secondary N) is 2. The maximum atomic E-state index is 13.6. The van der Waals surface area contributed by atoms with Crippen LogP contribution in [0.15, 0.2) is 28.0 Å². The van der Waals surface area contributed by atoms with Gasteiger partial charge in [0.1, 0.15) is 11.6 Å². The third kappa shape index (κ3) is 5.04. The fourth-order valence-electron chi connectivity index (χ4n) is 4.09. The van der Waals surface area contributed by atoms with Crippen LogP contribution in [0.2, 0.25) is 0 Å². The molecular formula is C23H28F2N8O3. The summed E-state index contributed by atoms with van der Waals surface area (Å²) in [5.41, 5.74) is 0.180. The minimum atomic E-state index is -2.68. The van der Waals surface area contributed by atoms with Gasteiger partial charge in [-0.05, 0) is 6.42 Å². The molecule has 3 aromatic heterocycles. The molecule has 4 heterocycles. The standard InChI is InChI=1S/C23H28F2N8O3/c1-4-14-12-28-22(32-9-6-23(24,25)7-10-32)30-19(14)29-17-11-15-16(13-27-17)31(3)20(35)21(36)33(15)8-5-18(34)26-2/h11-13H,4-10H2,1-3H3,(H,26,34)(H,27,28,29,30). The molecule has 0 aromatic carbocycles. The third-order valence-electron chi connectivity index (χ3n) is 6.34. The quantitative estimate of drug-likeness (QED) is 0.466. The van der Waals surface area contributed by atoms with E-state index in [4.69, 9.17) is 0 Å². The van der Waals surface area contributed by atoms with Crippen LogP contribution in [0, 0.1) is 0 Å². The van der Waals surface area contributed by atoms with E-state index in [2.05, 4.69) is 25.6 Å². The molecule has 3 aromatic rings. The van der Waals surface area contributed by atoms with Gasteiger partial charge in [0.05, 0.1) is 17.2 Å². The Balaban J connectivity index is 1.71. The monoisotopic (exact) mass is 502 g/mol. The number of nitrogens with zero attached hydrogens (tertiary/aromatic N) is 6. The van der Waals surface area contributed by atoms with E-state index < -0.39 is 17.0 Å². The number of carbonyl (C=O) groups is 1. The molecule has 36 heavy (non-hydrogen) atoms. The van der Waals surface area contributed by atoms with Crippen molar-refractivity contribution in [2.75, 3.05) is 30.4 Å². The van der Waals surface area contributed by atoms with Crippen LogP contribution in [0.1, 0.15) is 31.7 Å². The summed E-state index contributed by atoms with van der Waals surface area (Å²) in [5.74, 6) is -1.77. The highest BCUT2D eigenvalue weighted by atomic mass is 19.3. The van der Waals surface area contributed by atoms with Crippen molar-refractivity contribution in [3.05, 3.63) is 44.7 Å². The Morgan fingerprint density at radius 3 is 2.50 bits per heavy atom. The number of rotatable bonds is 7. The Bertz CT molecular complexity index is 1410. The average Bonchev–Trinajstić information content (AvgIpc) is 2.87. The molecule has 1 aliphatic heterocycles. The maximum Gasteiger partial charge on any atom is 0.316 e. The molecule has 1 aliphatic rings. The van der Waals surface area contributed by atoms with Gasteiger partial charge < -0.3 is 24.7 Å². The lowest BCUT2D eigenvalue weighted by molar-refractivity contribution is -0.120. The second-order valence-electron chi connectivity index (χ2n) is 8.67. The number of carbonyl (C=O) groups excluding carboxylic acids is 1. The number of hydrogen-bond acceptors (Lipinski definition) is 8. The number of pyridine rings is 1. The van der Waals surface area contributed by atoms with E-state index in [1.165, 1.54) is 29.4 Å². The first-order valence-electron chi connectivity index (χ1n) is 11.7. The van der Waals surface area contributed by atoms with E-state index in [9.17, 15) is 23.2 Å². The number of anilines is 3. The fraction of sp³-hybridized carbons (Fsp3) is 0.478. The van der Waals surface area contributed by atoms with Crippen LogP contribution in [0.4, 0.5) is 26.4 Å². The van der Waals surface area contributed by atoms with Crippen molar-refractivity contribution in [2.45, 2.75) is 45.1 Å². The molecule has 2 N–H and O–H groups in total. The first-order valence-corrected chi connectivity index (χ1v) is 11.7. The minimum Gasteiger partial charge on any atom is -0.359 e. The molecule has 0 atom stereocenters. The Hall–Kier alpha value is -3.90. The van der Waals surface area contributed by atoms with Gasteiger partial charge in [0.2, 0.25) is 11.9 Å². The summed E-state index contributed by atoms with van der Waals surface area (Å²) in [7, 11) is 2.98. The van der Waals surface area contributed by atoms with E-state index in [0.717, 1.165) is 5.56 Å². The topological polar surface area (TPSA) is 127 Å². The summed E-state index contributed by atoms with van der Waals surface area (Å²) in [6, 6.07) is 1.61. The molecule has 4 rings (SSSR count). The molecule has 0 radical (unpaired) electrons. The van der Waals surface area contributed by atoms with E-state index >= 15 is 0 Å². The highest BCUT2D eigenvalue weighted by Gasteiger charge is 2.35. The number of halogens is 2. The molecule has 0 saturated carbocycles. The van der Waals surface area contributed by atoms with E-state index in [-0.39, 0.29) is 44.8 Å². The predicted molar refractivity (Wildman–Crippen MR) is 131 cm³/mol. The predicted octanol–water partition coefficient (Wildman–Crippen LogP) is 1.56. The van der Waals surface area contributed by atoms with Gasteiger partial charge >= 0.3 is 11.1 Å². The summed E-state index contributed by atoms with van der Waals surface area (Å²) < 4.78 is 29.7.